The molecule has 2 aliphatic rings. The van der Waals surface area contributed by atoms with Crippen molar-refractivity contribution in [1.82, 2.24) is 19.6 Å². The largest absolute Gasteiger partial charge is 0.497 e. The van der Waals surface area contributed by atoms with Gasteiger partial charge in [-0.25, -0.2) is 9.07 Å². The Morgan fingerprint density at radius 3 is 2.44 bits per heavy atom. The molecule has 0 unspecified atom stereocenters. The second kappa shape index (κ2) is 9.43. The normalized spacial score (nSPS) is 18.3. The van der Waals surface area contributed by atoms with Gasteiger partial charge in [-0.15, -0.1) is 0 Å². The van der Waals surface area contributed by atoms with E-state index in [0.717, 1.165) is 36.9 Å². The molecule has 0 amide bonds. The van der Waals surface area contributed by atoms with Gasteiger partial charge in [-0.1, -0.05) is 18.2 Å². The van der Waals surface area contributed by atoms with Gasteiger partial charge in [0, 0.05) is 36.0 Å². The lowest BCUT2D eigenvalue weighted by Gasteiger charge is -2.36. The first-order valence-corrected chi connectivity index (χ1v) is 11.7. The van der Waals surface area contributed by atoms with Crippen molar-refractivity contribution < 1.29 is 9.13 Å². The van der Waals surface area contributed by atoms with Gasteiger partial charge in [0.2, 0.25) is 0 Å². The number of likely N-dealkylation sites (tertiary alicyclic amines) is 2. The molecule has 2 saturated heterocycles. The summed E-state index contributed by atoms with van der Waals surface area (Å²) in [6.45, 7) is 5.44. The number of rotatable bonds is 6. The minimum absolute atomic E-state index is 0.309. The van der Waals surface area contributed by atoms with Crippen molar-refractivity contribution in [2.45, 2.75) is 38.3 Å². The number of benzene rings is 2. The fraction of sp³-hybridized carbons (Fsp3) is 0.423. The van der Waals surface area contributed by atoms with Crippen molar-refractivity contribution in [2.75, 3.05) is 33.3 Å². The topological polar surface area (TPSA) is 33.5 Å². The Kier molecular flexibility index (Phi) is 6.23. The molecule has 0 radical (unpaired) electrons. The SMILES string of the molecule is COc1ccc(-c2nn(-c3ccccc3)cc2CN2CCC(N3CCCC3)CC2)c(F)c1. The molecule has 3 aromatic rings. The quantitative estimate of drug-likeness (QED) is 0.561. The first-order valence-electron chi connectivity index (χ1n) is 11.7. The van der Waals surface area contributed by atoms with E-state index < -0.39 is 0 Å². The molecule has 0 saturated carbocycles. The number of methoxy groups -OCH3 is 1. The summed E-state index contributed by atoms with van der Waals surface area (Å²) >= 11 is 0. The zero-order chi connectivity index (χ0) is 21.9. The monoisotopic (exact) mass is 434 g/mol. The van der Waals surface area contributed by atoms with Gasteiger partial charge in [0.15, 0.2) is 0 Å². The van der Waals surface area contributed by atoms with E-state index in [0.29, 0.717) is 17.0 Å². The number of halogens is 1. The van der Waals surface area contributed by atoms with Crippen LogP contribution in [0.15, 0.2) is 54.7 Å². The van der Waals surface area contributed by atoms with Crippen LogP contribution < -0.4 is 4.74 Å². The third-order valence-electron chi connectivity index (χ3n) is 6.85. The molecule has 0 aliphatic carbocycles. The van der Waals surface area contributed by atoms with Crippen LogP contribution in [0.3, 0.4) is 0 Å². The summed E-state index contributed by atoms with van der Waals surface area (Å²) in [4.78, 5) is 5.16. The summed E-state index contributed by atoms with van der Waals surface area (Å²) in [5, 5.41) is 4.81. The van der Waals surface area contributed by atoms with Gasteiger partial charge in [0.25, 0.3) is 0 Å². The Hall–Kier alpha value is -2.70. The van der Waals surface area contributed by atoms with Gasteiger partial charge in [-0.3, -0.25) is 4.90 Å². The Labute approximate surface area is 189 Å². The summed E-state index contributed by atoms with van der Waals surface area (Å²) in [6, 6.07) is 15.7. The minimum Gasteiger partial charge on any atom is -0.497 e. The van der Waals surface area contributed by atoms with Crippen LogP contribution >= 0.6 is 0 Å². The Morgan fingerprint density at radius 1 is 1.00 bits per heavy atom. The predicted octanol–water partition coefficient (Wildman–Crippen LogP) is 4.75. The fourth-order valence-electron chi connectivity index (χ4n) is 5.07. The van der Waals surface area contributed by atoms with E-state index in [1.54, 1.807) is 19.2 Å². The molecule has 0 bridgehead atoms. The lowest BCUT2D eigenvalue weighted by Crippen LogP contribution is -2.43. The van der Waals surface area contributed by atoms with Crippen LogP contribution in [0.5, 0.6) is 5.75 Å². The number of ether oxygens (including phenoxy) is 1. The molecular formula is C26H31FN4O. The van der Waals surface area contributed by atoms with Gasteiger partial charge in [-0.05, 0) is 76.1 Å². The third kappa shape index (κ3) is 4.43. The number of para-hydroxylation sites is 1. The van der Waals surface area contributed by atoms with Crippen LogP contribution in [0.25, 0.3) is 16.9 Å². The fourth-order valence-corrected chi connectivity index (χ4v) is 5.07. The number of aromatic nitrogens is 2. The van der Waals surface area contributed by atoms with Crippen LogP contribution in [0.4, 0.5) is 4.39 Å². The van der Waals surface area contributed by atoms with Crippen molar-refractivity contribution >= 4 is 0 Å². The molecule has 168 valence electrons. The maximum atomic E-state index is 15.0. The minimum atomic E-state index is -0.309. The predicted molar refractivity (Wildman–Crippen MR) is 125 cm³/mol. The highest BCUT2D eigenvalue weighted by molar-refractivity contribution is 5.65. The highest BCUT2D eigenvalue weighted by atomic mass is 19.1. The molecule has 5 nitrogen and oxygen atoms in total. The second-order valence-electron chi connectivity index (χ2n) is 8.88. The molecule has 2 aliphatic heterocycles. The molecule has 2 aromatic carbocycles. The van der Waals surface area contributed by atoms with Crippen LogP contribution in [0, 0.1) is 5.82 Å². The van der Waals surface area contributed by atoms with Crippen LogP contribution in [-0.2, 0) is 6.54 Å². The average molecular weight is 435 g/mol. The van der Waals surface area contributed by atoms with E-state index >= 15 is 0 Å². The van der Waals surface area contributed by atoms with Gasteiger partial charge in [-0.2, -0.15) is 5.10 Å². The summed E-state index contributed by atoms with van der Waals surface area (Å²) in [6.07, 6.45) is 7.16. The Balaban J connectivity index is 1.40. The van der Waals surface area contributed by atoms with Crippen molar-refractivity contribution in [3.63, 3.8) is 0 Å². The van der Waals surface area contributed by atoms with Gasteiger partial charge < -0.3 is 9.64 Å². The summed E-state index contributed by atoms with van der Waals surface area (Å²) in [5.41, 5.74) is 3.25. The van der Waals surface area contributed by atoms with Crippen molar-refractivity contribution in [3.05, 3.63) is 66.1 Å². The van der Waals surface area contributed by atoms with Crippen LogP contribution in [-0.4, -0.2) is 58.9 Å². The third-order valence-corrected chi connectivity index (χ3v) is 6.85. The molecule has 6 heteroatoms. The van der Waals surface area contributed by atoms with E-state index in [1.165, 1.54) is 44.8 Å². The Bertz CT molecular complexity index is 1040. The summed E-state index contributed by atoms with van der Waals surface area (Å²) in [5.74, 6) is 0.205. The molecule has 2 fully saturated rings. The molecule has 32 heavy (non-hydrogen) atoms. The number of piperidine rings is 1. The highest BCUT2D eigenvalue weighted by Gasteiger charge is 2.27. The zero-order valence-electron chi connectivity index (χ0n) is 18.7. The molecule has 0 atom stereocenters. The highest BCUT2D eigenvalue weighted by Crippen LogP contribution is 2.30. The zero-order valence-corrected chi connectivity index (χ0v) is 18.7. The first kappa shape index (κ1) is 21.2. The van der Waals surface area contributed by atoms with Crippen molar-refractivity contribution in [2.24, 2.45) is 0 Å². The number of hydrogen-bond acceptors (Lipinski definition) is 4. The van der Waals surface area contributed by atoms with Crippen molar-refractivity contribution in [1.29, 1.82) is 0 Å². The lowest BCUT2D eigenvalue weighted by molar-refractivity contribution is 0.123. The molecule has 3 heterocycles. The average Bonchev–Trinajstić information content (AvgIpc) is 3.51. The summed E-state index contributed by atoms with van der Waals surface area (Å²) < 4.78 is 22.0. The molecule has 1 aromatic heterocycles. The van der Waals surface area contributed by atoms with Gasteiger partial charge in [0.1, 0.15) is 17.3 Å². The molecule has 5 rings (SSSR count). The molecule has 0 N–H and O–H groups in total. The number of nitrogens with zero attached hydrogens (tertiary/aromatic N) is 4. The van der Waals surface area contributed by atoms with E-state index in [1.807, 2.05) is 35.0 Å². The Morgan fingerprint density at radius 2 is 1.75 bits per heavy atom. The molecular weight excluding hydrogens is 403 g/mol. The maximum Gasteiger partial charge on any atom is 0.136 e. The van der Waals surface area contributed by atoms with E-state index in [-0.39, 0.29) is 5.82 Å². The van der Waals surface area contributed by atoms with E-state index in [2.05, 4.69) is 16.0 Å². The lowest BCUT2D eigenvalue weighted by atomic mass is 10.0. The number of hydrogen-bond donors (Lipinski definition) is 0. The first-order chi connectivity index (χ1) is 15.7. The van der Waals surface area contributed by atoms with Crippen molar-refractivity contribution in [3.8, 4) is 22.7 Å². The van der Waals surface area contributed by atoms with E-state index in [9.17, 15) is 4.39 Å². The molecule has 0 spiro atoms. The standard InChI is InChI=1S/C26H31FN4O/c1-32-23-9-10-24(25(27)17-23)26-20(19-31(28-26)22-7-3-2-4-8-22)18-29-15-11-21(12-16-29)30-13-5-6-14-30/h2-4,7-10,17,19,21H,5-6,11-16,18H2,1H3. The second-order valence-corrected chi connectivity index (χ2v) is 8.88. The van der Waals surface area contributed by atoms with Gasteiger partial charge >= 0.3 is 0 Å². The smallest absolute Gasteiger partial charge is 0.136 e. The van der Waals surface area contributed by atoms with Crippen LogP contribution in [0.2, 0.25) is 0 Å². The maximum absolute atomic E-state index is 15.0. The summed E-state index contributed by atoms with van der Waals surface area (Å²) in [7, 11) is 1.55. The van der Waals surface area contributed by atoms with E-state index in [4.69, 9.17) is 9.84 Å². The van der Waals surface area contributed by atoms with Gasteiger partial charge in [0.05, 0.1) is 12.8 Å². The van der Waals surface area contributed by atoms with Crippen LogP contribution in [0.1, 0.15) is 31.2 Å².